The minimum atomic E-state index is 0.0495. The van der Waals surface area contributed by atoms with Crippen molar-refractivity contribution in [1.29, 1.82) is 0 Å². The Labute approximate surface area is 125 Å². The number of nitrogens with zero attached hydrogens (tertiary/aromatic N) is 3. The number of nitrogens with one attached hydrogen (secondary N) is 2. The fourth-order valence-electron chi connectivity index (χ4n) is 2.88. The lowest BCUT2D eigenvalue weighted by molar-refractivity contribution is -0.122. The largest absolute Gasteiger partial charge is 0.352 e. The Morgan fingerprint density at radius 1 is 1.14 bits per heavy atom. The van der Waals surface area contributed by atoms with Crippen molar-refractivity contribution in [2.24, 2.45) is 0 Å². The molecular weight excluding hydrogens is 266 g/mol. The van der Waals surface area contributed by atoms with Gasteiger partial charge < -0.3 is 10.6 Å². The molecule has 0 aromatic carbocycles. The molecule has 1 aromatic rings. The molecule has 1 aromatic heterocycles. The van der Waals surface area contributed by atoms with Crippen LogP contribution in [0.25, 0.3) is 0 Å². The first-order chi connectivity index (χ1) is 10.3. The lowest BCUT2D eigenvalue weighted by Gasteiger charge is -2.15. The number of rotatable bonds is 6. The summed E-state index contributed by atoms with van der Waals surface area (Å²) in [7, 11) is 0. The summed E-state index contributed by atoms with van der Waals surface area (Å²) in [5.41, 5.74) is 0.907. The summed E-state index contributed by atoms with van der Waals surface area (Å²) < 4.78 is 1.63. The molecule has 0 atom stereocenters. The molecule has 2 saturated carbocycles. The zero-order valence-electron chi connectivity index (χ0n) is 12.6. The van der Waals surface area contributed by atoms with E-state index in [-0.39, 0.29) is 12.5 Å². The van der Waals surface area contributed by atoms with Gasteiger partial charge in [-0.3, -0.25) is 4.79 Å². The van der Waals surface area contributed by atoms with E-state index in [1.54, 1.807) is 4.68 Å². The molecule has 2 aliphatic carbocycles. The zero-order chi connectivity index (χ0) is 14.5. The van der Waals surface area contributed by atoms with E-state index in [4.69, 9.17) is 0 Å². The minimum absolute atomic E-state index is 0.0495. The predicted molar refractivity (Wildman–Crippen MR) is 79.5 cm³/mol. The second-order valence-corrected chi connectivity index (χ2v) is 6.32. The van der Waals surface area contributed by atoms with Crippen LogP contribution in [-0.2, 0) is 17.9 Å². The summed E-state index contributed by atoms with van der Waals surface area (Å²) in [6.45, 7) is 1.02. The van der Waals surface area contributed by atoms with Crippen molar-refractivity contribution in [1.82, 2.24) is 25.6 Å². The van der Waals surface area contributed by atoms with Crippen LogP contribution in [0.3, 0.4) is 0 Å². The molecule has 0 radical (unpaired) electrons. The summed E-state index contributed by atoms with van der Waals surface area (Å²) >= 11 is 0. The summed E-state index contributed by atoms with van der Waals surface area (Å²) in [6.07, 6.45) is 11.7. The van der Waals surface area contributed by atoms with E-state index in [9.17, 15) is 4.79 Å². The molecule has 6 nitrogen and oxygen atoms in total. The summed E-state index contributed by atoms with van der Waals surface area (Å²) in [6, 6.07) is 1.01. The fourth-order valence-corrected chi connectivity index (χ4v) is 2.88. The molecule has 3 rings (SSSR count). The highest BCUT2D eigenvalue weighted by Gasteiger charge is 2.20. The highest BCUT2D eigenvalue weighted by molar-refractivity contribution is 5.75. The van der Waals surface area contributed by atoms with Gasteiger partial charge in [0, 0.05) is 18.6 Å². The van der Waals surface area contributed by atoms with E-state index in [0.29, 0.717) is 12.1 Å². The van der Waals surface area contributed by atoms with E-state index in [1.807, 2.05) is 6.20 Å². The van der Waals surface area contributed by atoms with Gasteiger partial charge in [0.15, 0.2) is 0 Å². The maximum atomic E-state index is 12.1. The average molecular weight is 291 g/mol. The number of hydrogen-bond acceptors (Lipinski definition) is 4. The van der Waals surface area contributed by atoms with Crippen molar-refractivity contribution >= 4 is 5.91 Å². The van der Waals surface area contributed by atoms with Gasteiger partial charge in [-0.15, -0.1) is 5.10 Å². The molecule has 1 amide bonds. The first-order valence-corrected chi connectivity index (χ1v) is 8.21. The Morgan fingerprint density at radius 2 is 1.90 bits per heavy atom. The molecule has 2 aliphatic rings. The molecule has 6 heteroatoms. The number of carbonyl (C=O) groups is 1. The first-order valence-electron chi connectivity index (χ1n) is 8.21. The summed E-state index contributed by atoms with van der Waals surface area (Å²) in [5.74, 6) is 0.0495. The van der Waals surface area contributed by atoms with Gasteiger partial charge in [0.05, 0.1) is 11.9 Å². The second-order valence-electron chi connectivity index (χ2n) is 6.32. The van der Waals surface area contributed by atoms with Crippen molar-refractivity contribution in [2.75, 3.05) is 0 Å². The van der Waals surface area contributed by atoms with Crippen molar-refractivity contribution < 1.29 is 4.79 Å². The van der Waals surface area contributed by atoms with Crippen LogP contribution in [0.5, 0.6) is 0 Å². The standard InChI is InChI=1S/C15H25N5O/c21-15(17-13-5-3-1-2-4-6-13)11-20-10-14(18-19-20)9-16-12-7-8-12/h10,12-13,16H,1-9,11H2,(H,17,21). The summed E-state index contributed by atoms with van der Waals surface area (Å²) in [5, 5.41) is 14.7. The van der Waals surface area contributed by atoms with Crippen molar-refractivity contribution in [3.63, 3.8) is 0 Å². The quantitative estimate of drug-likeness (QED) is 0.777. The van der Waals surface area contributed by atoms with Gasteiger partial charge >= 0.3 is 0 Å². The van der Waals surface area contributed by atoms with Crippen LogP contribution in [0.2, 0.25) is 0 Å². The molecule has 0 bridgehead atoms. The molecule has 0 saturated heterocycles. The maximum Gasteiger partial charge on any atom is 0.242 e. The Kier molecular flexibility index (Phi) is 4.85. The third-order valence-electron chi connectivity index (χ3n) is 4.26. The number of amides is 1. The van der Waals surface area contributed by atoms with Crippen molar-refractivity contribution in [3.8, 4) is 0 Å². The van der Waals surface area contributed by atoms with Gasteiger partial charge in [-0.1, -0.05) is 30.9 Å². The van der Waals surface area contributed by atoms with Crippen LogP contribution < -0.4 is 10.6 Å². The third-order valence-corrected chi connectivity index (χ3v) is 4.26. The molecule has 21 heavy (non-hydrogen) atoms. The monoisotopic (exact) mass is 291 g/mol. The van der Waals surface area contributed by atoms with Gasteiger partial charge in [-0.25, -0.2) is 4.68 Å². The van der Waals surface area contributed by atoms with Crippen LogP contribution in [0.15, 0.2) is 6.20 Å². The first kappa shape index (κ1) is 14.5. The smallest absolute Gasteiger partial charge is 0.242 e. The fraction of sp³-hybridized carbons (Fsp3) is 0.800. The Hall–Kier alpha value is -1.43. The van der Waals surface area contributed by atoms with E-state index in [1.165, 1.54) is 38.5 Å². The van der Waals surface area contributed by atoms with Gasteiger partial charge in [0.1, 0.15) is 6.54 Å². The minimum Gasteiger partial charge on any atom is -0.352 e. The normalized spacial score (nSPS) is 20.2. The van der Waals surface area contributed by atoms with E-state index in [2.05, 4.69) is 20.9 Å². The summed E-state index contributed by atoms with van der Waals surface area (Å²) in [4.78, 5) is 12.1. The van der Waals surface area contributed by atoms with Gasteiger partial charge in [-0.2, -0.15) is 0 Å². The van der Waals surface area contributed by atoms with Crippen LogP contribution in [-0.4, -0.2) is 33.0 Å². The van der Waals surface area contributed by atoms with Gasteiger partial charge in [-0.05, 0) is 25.7 Å². The molecule has 0 spiro atoms. The van der Waals surface area contributed by atoms with Crippen molar-refractivity contribution in [2.45, 2.75) is 76.5 Å². The molecule has 116 valence electrons. The topological polar surface area (TPSA) is 71.8 Å². The van der Waals surface area contributed by atoms with Crippen LogP contribution in [0, 0.1) is 0 Å². The van der Waals surface area contributed by atoms with Crippen LogP contribution >= 0.6 is 0 Å². The Morgan fingerprint density at radius 3 is 2.62 bits per heavy atom. The molecule has 2 fully saturated rings. The molecular formula is C15H25N5O. The van der Waals surface area contributed by atoms with E-state index >= 15 is 0 Å². The van der Waals surface area contributed by atoms with Crippen molar-refractivity contribution in [3.05, 3.63) is 11.9 Å². The maximum absolute atomic E-state index is 12.1. The number of hydrogen-bond donors (Lipinski definition) is 2. The lowest BCUT2D eigenvalue weighted by Crippen LogP contribution is -2.36. The van der Waals surface area contributed by atoms with Gasteiger partial charge in [0.2, 0.25) is 5.91 Å². The lowest BCUT2D eigenvalue weighted by atomic mass is 10.1. The highest BCUT2D eigenvalue weighted by atomic mass is 16.2. The highest BCUT2D eigenvalue weighted by Crippen LogP contribution is 2.19. The molecule has 2 N–H and O–H groups in total. The predicted octanol–water partition coefficient (Wildman–Crippen LogP) is 1.37. The number of aromatic nitrogens is 3. The zero-order valence-corrected chi connectivity index (χ0v) is 12.6. The molecule has 0 unspecified atom stereocenters. The van der Waals surface area contributed by atoms with E-state index < -0.39 is 0 Å². The van der Waals surface area contributed by atoms with E-state index in [0.717, 1.165) is 25.1 Å². The SMILES string of the molecule is O=C(Cn1cc(CNC2CC2)nn1)NC1CCCCCC1. The van der Waals surface area contributed by atoms with Crippen LogP contribution in [0.4, 0.5) is 0 Å². The molecule has 1 heterocycles. The second kappa shape index (κ2) is 7.02. The third kappa shape index (κ3) is 4.81. The Bertz CT molecular complexity index is 460. The van der Waals surface area contributed by atoms with Gasteiger partial charge in [0.25, 0.3) is 0 Å². The molecule has 0 aliphatic heterocycles. The van der Waals surface area contributed by atoms with Crippen LogP contribution in [0.1, 0.15) is 57.1 Å². The average Bonchev–Trinajstić information content (AvgIpc) is 3.23. The number of carbonyl (C=O) groups excluding carboxylic acids is 1. The Balaban J connectivity index is 1.42.